The van der Waals surface area contributed by atoms with E-state index in [4.69, 9.17) is 0 Å². The SMILES string of the molecule is CC(O)(C(=O)Nc1ccc2c(c1)C(=O)c1sccc1CS2(=O)=O)C(F)(F)F. The van der Waals surface area contributed by atoms with Gasteiger partial charge in [-0.3, -0.25) is 9.59 Å². The number of fused-ring (bicyclic) bond motifs is 2. The summed E-state index contributed by atoms with van der Waals surface area (Å²) < 4.78 is 63.3. The lowest BCUT2D eigenvalue weighted by molar-refractivity contribution is -0.242. The third-order valence-electron chi connectivity index (χ3n) is 4.11. The number of carbonyl (C=O) groups is 2. The maximum Gasteiger partial charge on any atom is 0.426 e. The van der Waals surface area contributed by atoms with Crippen LogP contribution in [0, 0.1) is 0 Å². The van der Waals surface area contributed by atoms with E-state index >= 15 is 0 Å². The number of halogens is 3. The predicted octanol–water partition coefficient (Wildman–Crippen LogP) is 2.52. The van der Waals surface area contributed by atoms with Crippen LogP contribution in [0.3, 0.4) is 0 Å². The number of anilines is 1. The molecule has 1 amide bonds. The molecular formula is C16H12F3NO5S2. The number of rotatable bonds is 2. The summed E-state index contributed by atoms with van der Waals surface area (Å²) >= 11 is 1.05. The van der Waals surface area contributed by atoms with Gasteiger partial charge in [0.05, 0.1) is 15.5 Å². The predicted molar refractivity (Wildman–Crippen MR) is 90.4 cm³/mol. The summed E-state index contributed by atoms with van der Waals surface area (Å²) in [5.74, 6) is -2.73. The quantitative estimate of drug-likeness (QED) is 0.779. The molecule has 2 N–H and O–H groups in total. The highest BCUT2D eigenvalue weighted by Crippen LogP contribution is 2.35. The highest BCUT2D eigenvalue weighted by molar-refractivity contribution is 7.90. The van der Waals surface area contributed by atoms with Gasteiger partial charge in [-0.25, -0.2) is 8.42 Å². The molecule has 1 aliphatic rings. The molecule has 3 rings (SSSR count). The van der Waals surface area contributed by atoms with Gasteiger partial charge in [-0.05, 0) is 42.1 Å². The number of aliphatic hydroxyl groups is 1. The van der Waals surface area contributed by atoms with E-state index in [9.17, 15) is 36.3 Å². The van der Waals surface area contributed by atoms with Gasteiger partial charge in [0.1, 0.15) is 0 Å². The van der Waals surface area contributed by atoms with Gasteiger partial charge >= 0.3 is 6.18 Å². The Morgan fingerprint density at radius 2 is 1.93 bits per heavy atom. The first kappa shape index (κ1) is 19.5. The Morgan fingerprint density at radius 1 is 1.26 bits per heavy atom. The number of amides is 1. The van der Waals surface area contributed by atoms with Crippen molar-refractivity contribution in [1.29, 1.82) is 0 Å². The number of hydrogen-bond acceptors (Lipinski definition) is 6. The Kier molecular flexibility index (Phi) is 4.44. The second-order valence-corrected chi connectivity index (χ2v) is 8.97. The Bertz CT molecular complexity index is 1050. The van der Waals surface area contributed by atoms with Gasteiger partial charge < -0.3 is 10.4 Å². The number of ketones is 1. The summed E-state index contributed by atoms with van der Waals surface area (Å²) in [6.45, 7) is 0.291. The summed E-state index contributed by atoms with van der Waals surface area (Å²) in [5.41, 5.74) is -3.81. The fourth-order valence-electron chi connectivity index (χ4n) is 2.49. The van der Waals surface area contributed by atoms with Crippen LogP contribution >= 0.6 is 11.3 Å². The van der Waals surface area contributed by atoms with E-state index in [1.54, 1.807) is 5.38 Å². The van der Waals surface area contributed by atoms with Gasteiger partial charge in [-0.1, -0.05) is 0 Å². The van der Waals surface area contributed by atoms with Crippen molar-refractivity contribution in [3.63, 3.8) is 0 Å². The van der Waals surface area contributed by atoms with Gasteiger partial charge in [-0.15, -0.1) is 11.3 Å². The second kappa shape index (κ2) is 6.14. The first-order chi connectivity index (χ1) is 12.3. The second-order valence-electron chi connectivity index (χ2n) is 6.10. The van der Waals surface area contributed by atoms with Crippen molar-refractivity contribution in [3.05, 3.63) is 45.6 Å². The monoisotopic (exact) mass is 419 g/mol. The normalized spacial score (nSPS) is 18.0. The minimum Gasteiger partial charge on any atom is -0.373 e. The van der Waals surface area contributed by atoms with Crippen LogP contribution in [0.2, 0.25) is 0 Å². The van der Waals surface area contributed by atoms with Crippen molar-refractivity contribution in [2.24, 2.45) is 0 Å². The van der Waals surface area contributed by atoms with Gasteiger partial charge in [0, 0.05) is 11.3 Å². The number of alkyl halides is 3. The molecule has 1 aromatic heterocycles. The molecule has 0 aliphatic carbocycles. The highest BCUT2D eigenvalue weighted by Gasteiger charge is 2.55. The molecule has 1 unspecified atom stereocenters. The number of sulfone groups is 1. The van der Waals surface area contributed by atoms with Gasteiger partial charge in [0.15, 0.2) is 9.84 Å². The van der Waals surface area contributed by atoms with Crippen molar-refractivity contribution in [3.8, 4) is 0 Å². The van der Waals surface area contributed by atoms with E-state index in [1.807, 2.05) is 5.32 Å². The number of thiophene rings is 1. The van der Waals surface area contributed by atoms with Crippen LogP contribution in [0.1, 0.15) is 27.7 Å². The maximum atomic E-state index is 12.8. The summed E-state index contributed by atoms with van der Waals surface area (Å²) in [6, 6.07) is 4.63. The first-order valence-electron chi connectivity index (χ1n) is 7.43. The molecular weight excluding hydrogens is 407 g/mol. The number of benzene rings is 1. The molecule has 0 fully saturated rings. The van der Waals surface area contributed by atoms with E-state index in [2.05, 4.69) is 0 Å². The lowest BCUT2D eigenvalue weighted by Crippen LogP contribution is -2.52. The summed E-state index contributed by atoms with van der Waals surface area (Å²) in [4.78, 5) is 24.4. The van der Waals surface area contributed by atoms with Crippen molar-refractivity contribution < 1.29 is 36.3 Å². The molecule has 0 radical (unpaired) electrons. The topological polar surface area (TPSA) is 101 Å². The summed E-state index contributed by atoms with van der Waals surface area (Å²) in [5, 5.41) is 12.8. The zero-order chi connectivity index (χ0) is 20.2. The average molecular weight is 419 g/mol. The lowest BCUT2D eigenvalue weighted by Gasteiger charge is -2.25. The number of hydrogen-bond donors (Lipinski definition) is 2. The van der Waals surface area contributed by atoms with E-state index in [0.29, 0.717) is 12.5 Å². The van der Waals surface area contributed by atoms with Crippen LogP contribution in [0.5, 0.6) is 0 Å². The minimum absolute atomic E-state index is 0.211. The molecule has 1 aromatic carbocycles. The minimum atomic E-state index is -5.21. The third kappa shape index (κ3) is 3.26. The molecule has 27 heavy (non-hydrogen) atoms. The molecule has 11 heteroatoms. The first-order valence-corrected chi connectivity index (χ1v) is 9.96. The van der Waals surface area contributed by atoms with Crippen molar-refractivity contribution in [2.45, 2.75) is 29.3 Å². The average Bonchev–Trinajstić information content (AvgIpc) is 2.97. The molecule has 0 spiro atoms. The molecule has 6 nitrogen and oxygen atoms in total. The molecule has 2 aromatic rings. The number of carbonyl (C=O) groups excluding carboxylic acids is 2. The molecule has 144 valence electrons. The molecule has 0 saturated carbocycles. The Labute approximate surface area is 155 Å². The van der Waals surface area contributed by atoms with Crippen LogP contribution in [0.15, 0.2) is 34.5 Å². The number of nitrogens with one attached hydrogen (secondary N) is 1. The highest BCUT2D eigenvalue weighted by atomic mass is 32.2. The zero-order valence-electron chi connectivity index (χ0n) is 13.6. The van der Waals surface area contributed by atoms with E-state index in [-0.39, 0.29) is 26.8 Å². The van der Waals surface area contributed by atoms with Crippen LogP contribution in [-0.2, 0) is 20.4 Å². The van der Waals surface area contributed by atoms with Crippen LogP contribution in [0.4, 0.5) is 18.9 Å². The van der Waals surface area contributed by atoms with Crippen LogP contribution in [0.25, 0.3) is 0 Å². The van der Waals surface area contributed by atoms with Crippen molar-refractivity contribution in [2.75, 3.05) is 5.32 Å². The van der Waals surface area contributed by atoms with E-state index < -0.39 is 33.3 Å². The molecule has 2 heterocycles. The van der Waals surface area contributed by atoms with Crippen LogP contribution in [-0.4, -0.2) is 37.0 Å². The Morgan fingerprint density at radius 3 is 2.56 bits per heavy atom. The standard InChI is InChI=1S/C16H12F3NO5S2/c1-15(23,16(17,18)19)14(22)20-9-2-3-11-10(6-9)12(21)13-8(4-5-26-13)7-27(11,24)25/h2-6,23H,7H2,1H3,(H,20,22). The fourth-order valence-corrected chi connectivity index (χ4v) is 5.03. The van der Waals surface area contributed by atoms with Crippen LogP contribution < -0.4 is 5.32 Å². The zero-order valence-corrected chi connectivity index (χ0v) is 15.3. The van der Waals surface area contributed by atoms with Gasteiger partial charge in [0.2, 0.25) is 11.4 Å². The molecule has 0 saturated heterocycles. The Hall–Kier alpha value is -2.24. The van der Waals surface area contributed by atoms with Gasteiger partial charge in [0.25, 0.3) is 5.91 Å². The Balaban J connectivity index is 2.04. The largest absolute Gasteiger partial charge is 0.426 e. The third-order valence-corrected chi connectivity index (χ3v) is 6.78. The summed E-state index contributed by atoms with van der Waals surface area (Å²) in [7, 11) is -3.85. The van der Waals surface area contributed by atoms with Gasteiger partial charge in [-0.2, -0.15) is 13.2 Å². The molecule has 0 bridgehead atoms. The van der Waals surface area contributed by atoms with Crippen molar-refractivity contribution in [1.82, 2.24) is 0 Å². The molecule has 1 aliphatic heterocycles. The fraction of sp³-hybridized carbons (Fsp3) is 0.250. The smallest absolute Gasteiger partial charge is 0.373 e. The van der Waals surface area contributed by atoms with Crippen molar-refractivity contribution >= 4 is 38.6 Å². The lowest BCUT2D eigenvalue weighted by atomic mass is 10.0. The molecule has 1 atom stereocenters. The summed E-state index contributed by atoms with van der Waals surface area (Å²) in [6.07, 6.45) is -5.21. The van der Waals surface area contributed by atoms with E-state index in [1.165, 1.54) is 6.07 Å². The van der Waals surface area contributed by atoms with E-state index in [0.717, 1.165) is 29.5 Å². The maximum absolute atomic E-state index is 12.8.